The number of nitrogens with zero attached hydrogens (tertiary/aromatic N) is 3. The number of thiophene rings is 1. The first-order valence-electron chi connectivity index (χ1n) is 6.34. The summed E-state index contributed by atoms with van der Waals surface area (Å²) in [4.78, 5) is 24.0. The molecule has 1 aliphatic heterocycles. The largest absolute Gasteiger partial charge is 0.481 e. The zero-order chi connectivity index (χ0) is 13.4. The minimum absolute atomic E-state index is 0.210. The number of carboxylic acid groups (broad SMARTS) is 1. The average molecular weight is 277 g/mol. The van der Waals surface area contributed by atoms with Gasteiger partial charge in [0.05, 0.1) is 11.3 Å². The molecule has 1 aliphatic rings. The molecule has 0 unspecified atom stereocenters. The maximum atomic E-state index is 11.0. The fourth-order valence-electron chi connectivity index (χ4n) is 2.55. The third-order valence-corrected chi connectivity index (χ3v) is 4.53. The molecule has 100 valence electrons. The number of carbonyl (C=O) groups is 1. The molecular formula is C13H15N3O2S. The van der Waals surface area contributed by atoms with Crippen molar-refractivity contribution in [2.75, 3.05) is 18.0 Å². The molecule has 19 heavy (non-hydrogen) atoms. The van der Waals surface area contributed by atoms with Crippen LogP contribution in [-0.2, 0) is 4.79 Å². The maximum Gasteiger partial charge on any atom is 0.306 e. The molecule has 5 nitrogen and oxygen atoms in total. The Hall–Kier alpha value is -1.69. The van der Waals surface area contributed by atoms with Crippen LogP contribution in [0.1, 0.15) is 17.7 Å². The SMILES string of the molecule is Cc1cc2c(N3CCC(C(=O)O)CC3)ncnc2s1. The van der Waals surface area contributed by atoms with Gasteiger partial charge in [-0.05, 0) is 25.8 Å². The highest BCUT2D eigenvalue weighted by Crippen LogP contribution is 2.31. The molecule has 0 spiro atoms. The van der Waals surface area contributed by atoms with Crippen LogP contribution in [0.5, 0.6) is 0 Å². The van der Waals surface area contributed by atoms with E-state index in [1.54, 1.807) is 17.7 Å². The minimum atomic E-state index is -0.682. The van der Waals surface area contributed by atoms with Crippen LogP contribution < -0.4 is 4.90 Å². The summed E-state index contributed by atoms with van der Waals surface area (Å²) < 4.78 is 0. The third-order valence-electron chi connectivity index (χ3n) is 3.58. The van der Waals surface area contributed by atoms with E-state index >= 15 is 0 Å². The summed E-state index contributed by atoms with van der Waals surface area (Å²) in [7, 11) is 0. The number of aryl methyl sites for hydroxylation is 1. The molecule has 1 saturated heterocycles. The van der Waals surface area contributed by atoms with E-state index in [0.717, 1.165) is 29.1 Å². The monoisotopic (exact) mass is 277 g/mol. The van der Waals surface area contributed by atoms with Gasteiger partial charge >= 0.3 is 5.97 Å². The van der Waals surface area contributed by atoms with Gasteiger partial charge in [0.15, 0.2) is 0 Å². The molecule has 0 atom stereocenters. The van der Waals surface area contributed by atoms with Gasteiger partial charge in [-0.1, -0.05) is 0 Å². The number of rotatable bonds is 2. The second-order valence-electron chi connectivity index (χ2n) is 4.87. The lowest BCUT2D eigenvalue weighted by Gasteiger charge is -2.31. The fraction of sp³-hybridized carbons (Fsp3) is 0.462. The second-order valence-corrected chi connectivity index (χ2v) is 6.11. The van der Waals surface area contributed by atoms with Crippen LogP contribution in [0.3, 0.4) is 0 Å². The number of piperidine rings is 1. The van der Waals surface area contributed by atoms with E-state index in [1.807, 2.05) is 0 Å². The van der Waals surface area contributed by atoms with Crippen molar-refractivity contribution < 1.29 is 9.90 Å². The van der Waals surface area contributed by atoms with E-state index in [0.29, 0.717) is 12.8 Å². The van der Waals surface area contributed by atoms with Crippen LogP contribution in [0.2, 0.25) is 0 Å². The average Bonchev–Trinajstić information content (AvgIpc) is 2.78. The molecule has 0 aromatic carbocycles. The number of hydrogen-bond acceptors (Lipinski definition) is 5. The Morgan fingerprint density at radius 1 is 1.42 bits per heavy atom. The summed E-state index contributed by atoms with van der Waals surface area (Å²) in [6.45, 7) is 3.56. The highest BCUT2D eigenvalue weighted by Gasteiger charge is 2.26. The predicted molar refractivity (Wildman–Crippen MR) is 74.7 cm³/mol. The second kappa shape index (κ2) is 4.77. The quantitative estimate of drug-likeness (QED) is 0.912. The Labute approximate surface area is 114 Å². The van der Waals surface area contributed by atoms with Gasteiger partial charge in [-0.2, -0.15) is 0 Å². The zero-order valence-electron chi connectivity index (χ0n) is 10.7. The molecule has 3 rings (SSSR count). The number of aromatic nitrogens is 2. The standard InChI is InChI=1S/C13H15N3O2S/c1-8-6-10-11(14-7-15-12(10)19-8)16-4-2-9(3-5-16)13(17)18/h6-7,9H,2-5H2,1H3,(H,17,18). The first-order chi connectivity index (χ1) is 9.15. The lowest BCUT2D eigenvalue weighted by Crippen LogP contribution is -2.36. The Bertz CT molecular complexity index is 617. The molecule has 0 bridgehead atoms. The van der Waals surface area contributed by atoms with E-state index in [2.05, 4.69) is 27.9 Å². The molecular weight excluding hydrogens is 262 g/mol. The molecule has 0 aliphatic carbocycles. The van der Waals surface area contributed by atoms with E-state index in [1.165, 1.54) is 4.88 Å². The van der Waals surface area contributed by atoms with Crippen molar-refractivity contribution in [3.63, 3.8) is 0 Å². The molecule has 2 aromatic rings. The van der Waals surface area contributed by atoms with Crippen molar-refractivity contribution in [1.82, 2.24) is 9.97 Å². The molecule has 3 heterocycles. The van der Waals surface area contributed by atoms with Crippen molar-refractivity contribution in [3.8, 4) is 0 Å². The van der Waals surface area contributed by atoms with Gasteiger partial charge in [0.25, 0.3) is 0 Å². The molecule has 1 fully saturated rings. The van der Waals surface area contributed by atoms with Crippen LogP contribution >= 0.6 is 11.3 Å². The number of hydrogen-bond donors (Lipinski definition) is 1. The van der Waals surface area contributed by atoms with Crippen molar-refractivity contribution in [2.45, 2.75) is 19.8 Å². The predicted octanol–water partition coefficient (Wildman–Crippen LogP) is 2.30. The van der Waals surface area contributed by atoms with Gasteiger partial charge in [-0.25, -0.2) is 9.97 Å². The number of fused-ring (bicyclic) bond motifs is 1. The summed E-state index contributed by atoms with van der Waals surface area (Å²) in [6, 6.07) is 2.11. The number of aliphatic carboxylic acids is 1. The third kappa shape index (κ3) is 2.28. The smallest absolute Gasteiger partial charge is 0.306 e. The van der Waals surface area contributed by atoms with Gasteiger partial charge in [-0.15, -0.1) is 11.3 Å². The van der Waals surface area contributed by atoms with Crippen molar-refractivity contribution in [1.29, 1.82) is 0 Å². The molecule has 6 heteroatoms. The summed E-state index contributed by atoms with van der Waals surface area (Å²) in [6.07, 6.45) is 2.96. The highest BCUT2D eigenvalue weighted by atomic mass is 32.1. The summed E-state index contributed by atoms with van der Waals surface area (Å²) in [5.74, 6) is 0.0508. The Morgan fingerprint density at radius 2 is 2.16 bits per heavy atom. The van der Waals surface area contributed by atoms with Gasteiger partial charge in [-0.3, -0.25) is 4.79 Å². The van der Waals surface area contributed by atoms with Crippen LogP contribution in [0, 0.1) is 12.8 Å². The van der Waals surface area contributed by atoms with Gasteiger partial charge in [0.2, 0.25) is 0 Å². The van der Waals surface area contributed by atoms with E-state index < -0.39 is 5.97 Å². The lowest BCUT2D eigenvalue weighted by molar-refractivity contribution is -0.142. The molecule has 2 aromatic heterocycles. The van der Waals surface area contributed by atoms with Crippen LogP contribution in [-0.4, -0.2) is 34.1 Å². The highest BCUT2D eigenvalue weighted by molar-refractivity contribution is 7.18. The van der Waals surface area contributed by atoms with Crippen LogP contribution in [0.4, 0.5) is 5.82 Å². The zero-order valence-corrected chi connectivity index (χ0v) is 11.5. The Balaban J connectivity index is 1.87. The summed E-state index contributed by atoms with van der Waals surface area (Å²) in [5, 5.41) is 10.1. The Kier molecular flexibility index (Phi) is 3.10. The molecule has 0 amide bonds. The number of carboxylic acids is 1. The molecule has 0 radical (unpaired) electrons. The van der Waals surface area contributed by atoms with Crippen LogP contribution in [0.25, 0.3) is 10.2 Å². The number of anilines is 1. The van der Waals surface area contributed by atoms with E-state index in [9.17, 15) is 4.79 Å². The van der Waals surface area contributed by atoms with Crippen molar-refractivity contribution in [2.24, 2.45) is 5.92 Å². The normalized spacial score (nSPS) is 17.0. The molecule has 0 saturated carbocycles. The van der Waals surface area contributed by atoms with Crippen molar-refractivity contribution in [3.05, 3.63) is 17.3 Å². The first-order valence-corrected chi connectivity index (χ1v) is 7.15. The first kappa shape index (κ1) is 12.3. The summed E-state index contributed by atoms with van der Waals surface area (Å²) in [5.41, 5.74) is 0. The van der Waals surface area contributed by atoms with E-state index in [4.69, 9.17) is 5.11 Å². The Morgan fingerprint density at radius 3 is 2.84 bits per heavy atom. The van der Waals surface area contributed by atoms with Gasteiger partial charge in [0, 0.05) is 18.0 Å². The summed E-state index contributed by atoms with van der Waals surface area (Å²) >= 11 is 1.66. The van der Waals surface area contributed by atoms with Gasteiger partial charge < -0.3 is 10.0 Å². The minimum Gasteiger partial charge on any atom is -0.481 e. The topological polar surface area (TPSA) is 66.3 Å². The van der Waals surface area contributed by atoms with Crippen molar-refractivity contribution >= 4 is 33.3 Å². The molecule has 1 N–H and O–H groups in total. The van der Waals surface area contributed by atoms with E-state index in [-0.39, 0.29) is 5.92 Å². The maximum absolute atomic E-state index is 11.0. The van der Waals surface area contributed by atoms with Crippen LogP contribution in [0.15, 0.2) is 12.4 Å². The van der Waals surface area contributed by atoms with Gasteiger partial charge in [0.1, 0.15) is 17.0 Å². The lowest BCUT2D eigenvalue weighted by atomic mass is 9.97. The fourth-order valence-corrected chi connectivity index (χ4v) is 3.40.